The number of nitrogens with zero attached hydrogens (tertiary/aromatic N) is 11. The van der Waals surface area contributed by atoms with Crippen LogP contribution in [-0.4, -0.2) is 123 Å². The molecular weight excluding hydrogens is 1170 g/mol. The molecule has 0 atom stereocenters. The van der Waals surface area contributed by atoms with E-state index in [1.807, 2.05) is 4.72 Å². The molecule has 0 radical (unpaired) electrons. The van der Waals surface area contributed by atoms with Gasteiger partial charge in [-0.1, -0.05) is 5.16 Å². The molecule has 0 aliphatic heterocycles. The van der Waals surface area contributed by atoms with Gasteiger partial charge in [0.1, 0.15) is 39.8 Å². The Morgan fingerprint density at radius 3 is 1.31 bits per heavy atom. The number of carboxylic acid groups (broad SMARTS) is 1. The Balaban J connectivity index is 0.000000230. The number of amides is 1. The maximum Gasteiger partial charge on any atom is 0.435 e. The number of carbonyl (C=O) groups excluding carboxylic acids is 1. The number of carbonyl (C=O) groups is 2. The zero-order chi connectivity index (χ0) is 62.6. The molecular formula is C53H48F6N14O12S. The minimum atomic E-state index is -4.76. The monoisotopic (exact) mass is 1220 g/mol. The van der Waals surface area contributed by atoms with Gasteiger partial charge in [0.15, 0.2) is 33.7 Å². The average molecular weight is 1220 g/mol. The summed E-state index contributed by atoms with van der Waals surface area (Å²) in [7, 11) is 3.92. The lowest BCUT2D eigenvalue weighted by atomic mass is 10.1. The molecule has 0 aliphatic carbocycles. The highest BCUT2D eigenvalue weighted by atomic mass is 32.2. The van der Waals surface area contributed by atoms with Crippen LogP contribution in [0.5, 0.6) is 34.8 Å². The summed E-state index contributed by atoms with van der Waals surface area (Å²) in [5, 5.41) is 26.6. The van der Waals surface area contributed by atoms with Gasteiger partial charge in [0.2, 0.25) is 23.7 Å². The SMILES string of the molecule is COc1cc(Nc2ncc(-c3cnc(OC)c(C(=O)NS(=O)(=O)c4c(C)noc4C)c3)c(-n3nc(C(F)(F)F)cc3C)n2)cc(OC)c1.COc1cc(Nc2ncc(-c3cnc(OC)c(C(=O)O)c3)c(-n3nc(C(F)(F)F)cc3C)n2)cc(OC)c1. The van der Waals surface area contributed by atoms with Gasteiger partial charge in [-0.2, -0.15) is 46.5 Å². The number of anilines is 4. The molecule has 1 amide bonds. The molecule has 0 saturated carbocycles. The van der Waals surface area contributed by atoms with Crippen LogP contribution in [0.4, 0.5) is 49.6 Å². The molecule has 0 fully saturated rings. The highest BCUT2D eigenvalue weighted by Crippen LogP contribution is 2.37. The molecule has 7 heterocycles. The van der Waals surface area contributed by atoms with Crippen LogP contribution in [-0.2, 0) is 22.4 Å². The third kappa shape index (κ3) is 13.4. The van der Waals surface area contributed by atoms with Crippen LogP contribution < -0.4 is 43.8 Å². The van der Waals surface area contributed by atoms with E-state index in [4.69, 9.17) is 32.9 Å². The van der Waals surface area contributed by atoms with E-state index in [0.717, 1.165) is 21.5 Å². The Kier molecular flexibility index (Phi) is 17.7. The van der Waals surface area contributed by atoms with Crippen molar-refractivity contribution in [3.8, 4) is 68.6 Å². The normalized spacial score (nSPS) is 11.5. The maximum atomic E-state index is 13.7. The number of pyridine rings is 2. The van der Waals surface area contributed by atoms with E-state index in [9.17, 15) is 49.5 Å². The largest absolute Gasteiger partial charge is 0.497 e. The number of aromatic carboxylic acids is 1. The van der Waals surface area contributed by atoms with Gasteiger partial charge in [-0.05, 0) is 52.0 Å². The highest BCUT2D eigenvalue weighted by molar-refractivity contribution is 7.90. The maximum absolute atomic E-state index is 13.7. The van der Waals surface area contributed by atoms with Crippen LogP contribution >= 0.6 is 0 Å². The fourth-order valence-electron chi connectivity index (χ4n) is 8.20. The van der Waals surface area contributed by atoms with Gasteiger partial charge in [-0.15, -0.1) is 0 Å². The summed E-state index contributed by atoms with van der Waals surface area (Å²) >= 11 is 0. The second kappa shape index (κ2) is 24.7. The minimum absolute atomic E-state index is 0.0162. The number of aryl methyl sites for hydroxylation is 4. The first-order valence-corrected chi connectivity index (χ1v) is 26.0. The Morgan fingerprint density at radius 2 is 0.965 bits per heavy atom. The van der Waals surface area contributed by atoms with Crippen molar-refractivity contribution >= 4 is 45.2 Å². The number of sulfonamides is 1. The van der Waals surface area contributed by atoms with E-state index in [-0.39, 0.29) is 96.4 Å². The number of ether oxygens (including phenoxy) is 6. The Labute approximate surface area is 483 Å². The summed E-state index contributed by atoms with van der Waals surface area (Å²) in [6.45, 7) is 5.60. The summed E-state index contributed by atoms with van der Waals surface area (Å²) in [5.41, 5.74) is -1.13. The topological polar surface area (TPSA) is 319 Å². The number of aromatic nitrogens is 11. The van der Waals surface area contributed by atoms with Crippen molar-refractivity contribution < 1.29 is 82.4 Å². The van der Waals surface area contributed by atoms with Crippen LogP contribution in [0, 0.1) is 27.7 Å². The number of carboxylic acids is 1. The zero-order valence-corrected chi connectivity index (χ0v) is 47.4. The molecule has 9 rings (SSSR count). The molecule has 86 heavy (non-hydrogen) atoms. The number of hydrogen-bond acceptors (Lipinski definition) is 22. The molecule has 7 aromatic heterocycles. The third-order valence-corrected chi connectivity index (χ3v) is 13.7. The lowest BCUT2D eigenvalue weighted by Crippen LogP contribution is -2.31. The molecule has 9 aromatic rings. The molecule has 0 aliphatic rings. The molecule has 0 unspecified atom stereocenters. The summed E-state index contributed by atoms with van der Waals surface area (Å²) in [6, 6.07) is 14.0. The molecule has 0 spiro atoms. The lowest BCUT2D eigenvalue weighted by Gasteiger charge is -2.15. The minimum Gasteiger partial charge on any atom is -0.497 e. The van der Waals surface area contributed by atoms with Crippen LogP contribution in [0.3, 0.4) is 0 Å². The van der Waals surface area contributed by atoms with Crippen LogP contribution in [0.1, 0.15) is 54.9 Å². The van der Waals surface area contributed by atoms with Gasteiger partial charge < -0.3 is 48.7 Å². The lowest BCUT2D eigenvalue weighted by molar-refractivity contribution is -0.142. The van der Waals surface area contributed by atoms with Gasteiger partial charge in [0, 0.05) is 106 Å². The molecule has 4 N–H and O–H groups in total. The van der Waals surface area contributed by atoms with Crippen LogP contribution in [0.15, 0.2) is 94.9 Å². The molecule has 450 valence electrons. The van der Waals surface area contributed by atoms with Crippen molar-refractivity contribution in [1.29, 1.82) is 0 Å². The Morgan fingerprint density at radius 1 is 0.558 bits per heavy atom. The van der Waals surface area contributed by atoms with Gasteiger partial charge in [-0.25, -0.2) is 47.2 Å². The second-order valence-corrected chi connectivity index (χ2v) is 19.5. The number of rotatable bonds is 18. The summed E-state index contributed by atoms with van der Waals surface area (Å²) < 4.78 is 148. The first kappa shape index (κ1) is 61.5. The van der Waals surface area contributed by atoms with Gasteiger partial charge >= 0.3 is 18.3 Å². The van der Waals surface area contributed by atoms with Crippen LogP contribution in [0.25, 0.3) is 33.9 Å². The molecule has 0 bridgehead atoms. The first-order chi connectivity index (χ1) is 40.7. The van der Waals surface area contributed by atoms with E-state index in [2.05, 4.69) is 55.9 Å². The predicted octanol–water partition coefficient (Wildman–Crippen LogP) is 9.06. The van der Waals surface area contributed by atoms with Gasteiger partial charge in [0.05, 0.1) is 42.7 Å². The first-order valence-electron chi connectivity index (χ1n) is 24.5. The number of nitrogens with one attached hydrogen (secondary N) is 3. The van der Waals surface area contributed by atoms with Crippen molar-refractivity contribution in [2.45, 2.75) is 44.9 Å². The predicted molar refractivity (Wildman–Crippen MR) is 291 cm³/mol. The van der Waals surface area contributed by atoms with E-state index in [1.54, 1.807) is 36.4 Å². The van der Waals surface area contributed by atoms with E-state index < -0.39 is 45.6 Å². The molecule has 33 heteroatoms. The third-order valence-electron chi connectivity index (χ3n) is 12.2. The summed E-state index contributed by atoms with van der Waals surface area (Å²) in [6.07, 6.45) is -4.30. The number of methoxy groups -OCH3 is 6. The van der Waals surface area contributed by atoms with Crippen molar-refractivity contribution in [2.75, 3.05) is 53.3 Å². The van der Waals surface area contributed by atoms with E-state index in [1.165, 1.54) is 107 Å². The standard InChI is InChI=1S/C29H27F3N8O7S.C24H21F3N6O5/c1-14-7-23(29(30,31)32)37-40(14)25-22(13-34-28(36-25)35-18-9-19(44-4)11-20(10-18)45-5)17-8-21(27(46-6)33-12-17)26(41)39-48(42,43)24-15(2)38-47-16(24)3;1-12-5-19(24(25,26)27)32-33(12)20-18(13-6-17(22(34)35)21(38-4)28-10-13)11-29-23(31-20)30-14-7-15(36-2)9-16(8-14)37-3/h7-13H,1-6H3,(H,39,41)(H,34,35,36);5-11H,1-4H3,(H,34,35)(H,29,30,31). The van der Waals surface area contributed by atoms with Crippen molar-refractivity contribution in [3.05, 3.63) is 131 Å². The Bertz CT molecular complexity index is 4090. The summed E-state index contributed by atoms with van der Waals surface area (Å²) in [4.78, 5) is 50.4. The summed E-state index contributed by atoms with van der Waals surface area (Å²) in [5.74, 6) is -1.21. The average Bonchev–Trinajstić information content (AvgIpc) is 4.21. The van der Waals surface area contributed by atoms with Crippen molar-refractivity contribution in [3.63, 3.8) is 0 Å². The fraction of sp³-hybridized carbons (Fsp3) is 0.226. The number of alkyl halides is 6. The number of halogens is 6. The smallest absolute Gasteiger partial charge is 0.435 e. The van der Waals surface area contributed by atoms with Gasteiger partial charge in [-0.3, -0.25) is 4.79 Å². The van der Waals surface area contributed by atoms with Crippen LogP contribution in [0.2, 0.25) is 0 Å². The van der Waals surface area contributed by atoms with Gasteiger partial charge in [0.25, 0.3) is 15.9 Å². The van der Waals surface area contributed by atoms with E-state index >= 15 is 0 Å². The number of hydrogen-bond donors (Lipinski definition) is 4. The molecule has 2 aromatic carbocycles. The van der Waals surface area contributed by atoms with Crippen molar-refractivity contribution in [2.24, 2.45) is 0 Å². The molecule has 26 nitrogen and oxygen atoms in total. The fourth-order valence-corrected chi connectivity index (χ4v) is 9.49. The van der Waals surface area contributed by atoms with Crippen molar-refractivity contribution in [1.82, 2.24) is 59.3 Å². The quantitative estimate of drug-likeness (QED) is 0.0582. The zero-order valence-electron chi connectivity index (χ0n) is 46.6. The van der Waals surface area contributed by atoms with E-state index in [0.29, 0.717) is 34.4 Å². The molecule has 0 saturated heterocycles. The Hall–Kier alpha value is -10.6. The highest BCUT2D eigenvalue weighted by Gasteiger charge is 2.37. The number of benzene rings is 2. The second-order valence-electron chi connectivity index (χ2n) is 17.9.